The highest BCUT2D eigenvalue weighted by Gasteiger charge is 2.64. The van der Waals surface area contributed by atoms with Crippen molar-refractivity contribution in [3.8, 4) is 11.5 Å². The number of allylic oxidation sites excluding steroid dienone is 1. The Balaban J connectivity index is 1.60. The highest BCUT2D eigenvalue weighted by molar-refractivity contribution is 8.02. The number of fused-ring (bicyclic) bond motifs is 2. The van der Waals surface area contributed by atoms with Gasteiger partial charge >= 0.3 is 0 Å². The molecular weight excluding hydrogens is 424 g/mol. The Kier molecular flexibility index (Phi) is 3.89. The average Bonchev–Trinajstić information content (AvgIpc) is 3.22. The lowest BCUT2D eigenvalue weighted by Gasteiger charge is -2.40. The Morgan fingerprint density at radius 2 is 1.72 bits per heavy atom. The van der Waals surface area contributed by atoms with Crippen LogP contribution >= 0.6 is 11.8 Å². The zero-order valence-corrected chi connectivity index (χ0v) is 19.3. The largest absolute Gasteiger partial charge is 0.486 e. The molecule has 1 atom stereocenters. The number of aryl methyl sites for hydroxylation is 1. The SMILES string of the molecule is CC1=CC(C)(C)N2C(=O)[C@@]3(SCC(=O)N3c3ccc4c(c3)OCCO4)c3cc(C)cc1c32. The number of hydrogen-bond acceptors (Lipinski definition) is 5. The number of benzene rings is 2. The van der Waals surface area contributed by atoms with Crippen LogP contribution in [0.3, 0.4) is 0 Å². The first-order chi connectivity index (χ1) is 15.2. The minimum atomic E-state index is -1.13. The van der Waals surface area contributed by atoms with Crippen LogP contribution < -0.4 is 19.3 Å². The van der Waals surface area contributed by atoms with Gasteiger partial charge < -0.3 is 9.47 Å². The second kappa shape index (κ2) is 6.32. The lowest BCUT2D eigenvalue weighted by Crippen LogP contribution is -2.54. The molecule has 4 heterocycles. The van der Waals surface area contributed by atoms with Crippen LogP contribution in [0, 0.1) is 6.92 Å². The second-order valence-corrected chi connectivity index (χ2v) is 10.5. The summed E-state index contributed by atoms with van der Waals surface area (Å²) in [6.07, 6.45) is 2.14. The summed E-state index contributed by atoms with van der Waals surface area (Å²) in [6, 6.07) is 9.69. The molecule has 4 aliphatic heterocycles. The third-order valence-electron chi connectivity index (χ3n) is 6.66. The highest BCUT2D eigenvalue weighted by atomic mass is 32.2. The van der Waals surface area contributed by atoms with Gasteiger partial charge in [0, 0.05) is 22.9 Å². The van der Waals surface area contributed by atoms with Crippen LogP contribution in [0.15, 0.2) is 36.4 Å². The fraction of sp³-hybridized carbons (Fsp3) is 0.360. The molecule has 0 saturated carbocycles. The topological polar surface area (TPSA) is 59.1 Å². The fourth-order valence-electron chi connectivity index (χ4n) is 5.49. The van der Waals surface area contributed by atoms with Gasteiger partial charge in [0.25, 0.3) is 5.91 Å². The molecule has 6 rings (SSSR count). The lowest BCUT2D eigenvalue weighted by atomic mass is 9.88. The van der Waals surface area contributed by atoms with Crippen LogP contribution in [0.4, 0.5) is 11.4 Å². The second-order valence-electron chi connectivity index (χ2n) is 9.32. The molecule has 0 bridgehead atoms. The Morgan fingerprint density at radius 3 is 2.50 bits per heavy atom. The summed E-state index contributed by atoms with van der Waals surface area (Å²) in [6.45, 7) is 9.20. The van der Waals surface area contributed by atoms with E-state index in [1.54, 1.807) is 4.90 Å². The van der Waals surface area contributed by atoms with Gasteiger partial charge in [0.1, 0.15) is 13.2 Å². The van der Waals surface area contributed by atoms with Crippen molar-refractivity contribution in [1.29, 1.82) is 0 Å². The molecule has 2 aromatic rings. The Bertz CT molecular complexity index is 1250. The normalized spacial score (nSPS) is 24.8. The third kappa shape index (κ3) is 2.37. The maximum Gasteiger partial charge on any atom is 0.269 e. The predicted octanol–water partition coefficient (Wildman–Crippen LogP) is 4.24. The molecule has 0 N–H and O–H groups in total. The number of thioether (sulfide) groups is 1. The van der Waals surface area contributed by atoms with Gasteiger partial charge in [-0.25, -0.2) is 0 Å². The van der Waals surface area contributed by atoms with Crippen LogP contribution in [-0.4, -0.2) is 36.3 Å². The van der Waals surface area contributed by atoms with Gasteiger partial charge in [0.2, 0.25) is 10.8 Å². The van der Waals surface area contributed by atoms with Crippen LogP contribution in [0.25, 0.3) is 5.57 Å². The summed E-state index contributed by atoms with van der Waals surface area (Å²) >= 11 is 1.41. The van der Waals surface area contributed by atoms with Gasteiger partial charge in [0.15, 0.2) is 11.5 Å². The summed E-state index contributed by atoms with van der Waals surface area (Å²) in [4.78, 5) is 30.0. The first-order valence-electron chi connectivity index (χ1n) is 10.8. The van der Waals surface area contributed by atoms with Crippen molar-refractivity contribution in [2.24, 2.45) is 0 Å². The molecule has 1 spiro atoms. The summed E-state index contributed by atoms with van der Waals surface area (Å²) < 4.78 is 11.4. The molecule has 32 heavy (non-hydrogen) atoms. The monoisotopic (exact) mass is 448 g/mol. The van der Waals surface area contributed by atoms with Crippen LogP contribution in [0.1, 0.15) is 37.5 Å². The zero-order chi connectivity index (χ0) is 22.4. The van der Waals surface area contributed by atoms with Crippen molar-refractivity contribution < 1.29 is 19.1 Å². The van der Waals surface area contributed by atoms with E-state index in [1.165, 1.54) is 11.8 Å². The molecule has 4 aliphatic rings. The van der Waals surface area contributed by atoms with E-state index in [-0.39, 0.29) is 17.6 Å². The number of anilines is 2. The Labute approximate surface area is 191 Å². The van der Waals surface area contributed by atoms with E-state index in [0.717, 1.165) is 28.0 Å². The quantitative estimate of drug-likeness (QED) is 0.653. The highest BCUT2D eigenvalue weighted by Crippen LogP contribution is 2.60. The minimum absolute atomic E-state index is 0.0705. The average molecular weight is 449 g/mol. The standard InChI is InChI=1S/C25H24N2O4S/c1-14-9-17-15(2)12-24(3,4)27-22(17)18(10-14)25(23(27)29)26(21(28)13-32-25)16-5-6-19-20(11-16)31-8-7-30-19/h5-6,9-12H,7-8,13H2,1-4H3/t25-/m0/s1. The number of carbonyl (C=O) groups is 2. The van der Waals surface area contributed by atoms with Crippen molar-refractivity contribution >= 4 is 40.5 Å². The molecule has 1 fully saturated rings. The maximum absolute atomic E-state index is 14.3. The van der Waals surface area contributed by atoms with Crippen LogP contribution in [-0.2, 0) is 14.5 Å². The summed E-state index contributed by atoms with van der Waals surface area (Å²) in [7, 11) is 0. The number of rotatable bonds is 1. The molecule has 0 aliphatic carbocycles. The molecule has 0 radical (unpaired) electrons. The van der Waals surface area contributed by atoms with E-state index in [2.05, 4.69) is 39.0 Å². The van der Waals surface area contributed by atoms with Gasteiger partial charge in [0.05, 0.1) is 17.0 Å². The van der Waals surface area contributed by atoms with Gasteiger partial charge in [-0.3, -0.25) is 19.4 Å². The van der Waals surface area contributed by atoms with Gasteiger partial charge in [-0.15, -0.1) is 11.8 Å². The van der Waals surface area contributed by atoms with Crippen molar-refractivity contribution in [2.45, 2.75) is 38.1 Å². The minimum Gasteiger partial charge on any atom is -0.486 e. The van der Waals surface area contributed by atoms with E-state index in [0.29, 0.717) is 30.4 Å². The number of hydrogen-bond donors (Lipinski definition) is 0. The van der Waals surface area contributed by atoms with E-state index < -0.39 is 10.4 Å². The molecule has 0 unspecified atom stereocenters. The molecule has 6 nitrogen and oxygen atoms in total. The van der Waals surface area contributed by atoms with Crippen molar-refractivity contribution in [3.63, 3.8) is 0 Å². The first-order valence-corrected chi connectivity index (χ1v) is 11.8. The summed E-state index contributed by atoms with van der Waals surface area (Å²) in [5, 5.41) is 0. The number of amides is 2. The Hall–Kier alpha value is -2.93. The van der Waals surface area contributed by atoms with Crippen molar-refractivity contribution in [2.75, 3.05) is 28.8 Å². The molecule has 164 valence electrons. The van der Waals surface area contributed by atoms with Crippen LogP contribution in [0.5, 0.6) is 11.5 Å². The smallest absolute Gasteiger partial charge is 0.269 e. The molecule has 2 amide bonds. The molecule has 2 aromatic carbocycles. The number of carbonyl (C=O) groups excluding carboxylic acids is 2. The van der Waals surface area contributed by atoms with E-state index >= 15 is 0 Å². The third-order valence-corrected chi connectivity index (χ3v) is 8.05. The van der Waals surface area contributed by atoms with Crippen molar-refractivity contribution in [1.82, 2.24) is 0 Å². The lowest BCUT2D eigenvalue weighted by molar-refractivity contribution is -0.124. The Morgan fingerprint density at radius 1 is 0.969 bits per heavy atom. The fourth-order valence-corrected chi connectivity index (χ4v) is 6.82. The number of ether oxygens (including phenoxy) is 2. The van der Waals surface area contributed by atoms with E-state index in [9.17, 15) is 9.59 Å². The zero-order valence-electron chi connectivity index (χ0n) is 18.5. The summed E-state index contributed by atoms with van der Waals surface area (Å²) in [5.41, 5.74) is 5.26. The maximum atomic E-state index is 14.3. The summed E-state index contributed by atoms with van der Waals surface area (Å²) in [5.74, 6) is 1.34. The van der Waals surface area contributed by atoms with E-state index in [4.69, 9.17) is 9.47 Å². The van der Waals surface area contributed by atoms with Gasteiger partial charge in [-0.2, -0.15) is 0 Å². The molecular formula is C25H24N2O4S. The number of nitrogens with zero attached hydrogens (tertiary/aromatic N) is 2. The molecule has 7 heteroatoms. The van der Waals surface area contributed by atoms with Crippen molar-refractivity contribution in [3.05, 3.63) is 53.1 Å². The molecule has 0 aromatic heterocycles. The van der Waals surface area contributed by atoms with Gasteiger partial charge in [-0.1, -0.05) is 12.1 Å². The van der Waals surface area contributed by atoms with Gasteiger partial charge in [-0.05, 0) is 57.0 Å². The first kappa shape index (κ1) is 19.7. The van der Waals surface area contributed by atoms with E-state index in [1.807, 2.05) is 30.0 Å². The molecule has 1 saturated heterocycles. The predicted molar refractivity (Wildman–Crippen MR) is 125 cm³/mol. The van der Waals surface area contributed by atoms with Crippen LogP contribution in [0.2, 0.25) is 0 Å².